The molecule has 4 heterocycles. The van der Waals surface area contributed by atoms with Crippen molar-refractivity contribution in [2.45, 2.75) is 56.7 Å². The predicted molar refractivity (Wildman–Crippen MR) is 84.2 cm³/mol. The Morgan fingerprint density at radius 2 is 2.18 bits per heavy atom. The molecule has 0 aliphatic carbocycles. The molecular formula is C16H22N2O3S. The van der Waals surface area contributed by atoms with Crippen LogP contribution in [-0.2, 0) is 14.3 Å². The van der Waals surface area contributed by atoms with E-state index < -0.39 is 0 Å². The van der Waals surface area contributed by atoms with Gasteiger partial charge in [0.25, 0.3) is 0 Å². The summed E-state index contributed by atoms with van der Waals surface area (Å²) in [6, 6.07) is 0. The Morgan fingerprint density at radius 1 is 1.32 bits per heavy atom. The molecule has 1 aromatic rings. The van der Waals surface area contributed by atoms with Gasteiger partial charge in [0.1, 0.15) is 0 Å². The van der Waals surface area contributed by atoms with Crippen LogP contribution < -0.4 is 5.32 Å². The van der Waals surface area contributed by atoms with Crippen LogP contribution >= 0.6 is 11.3 Å². The van der Waals surface area contributed by atoms with Gasteiger partial charge < -0.3 is 14.8 Å². The first-order chi connectivity index (χ1) is 10.8. The number of anilines is 1. The molecule has 0 saturated carbocycles. The minimum atomic E-state index is 0.0778. The van der Waals surface area contributed by atoms with Crippen LogP contribution in [0.2, 0.25) is 0 Å². The molecule has 120 valence electrons. The molecule has 2 bridgehead atoms. The third-order valence-corrected chi connectivity index (χ3v) is 6.15. The number of rotatable bonds is 4. The van der Waals surface area contributed by atoms with Crippen molar-refractivity contribution in [3.8, 4) is 0 Å². The van der Waals surface area contributed by atoms with Crippen molar-refractivity contribution >= 4 is 22.4 Å². The first-order valence-corrected chi connectivity index (χ1v) is 9.08. The average molecular weight is 322 g/mol. The summed E-state index contributed by atoms with van der Waals surface area (Å²) in [5, 5.41) is 3.70. The monoisotopic (exact) mass is 322 g/mol. The van der Waals surface area contributed by atoms with E-state index in [2.05, 4.69) is 10.3 Å². The van der Waals surface area contributed by atoms with E-state index in [1.165, 1.54) is 11.3 Å². The fraction of sp³-hybridized carbons (Fsp3) is 0.750. The van der Waals surface area contributed by atoms with Crippen LogP contribution in [0.1, 0.15) is 49.3 Å². The Hall–Kier alpha value is -0.980. The summed E-state index contributed by atoms with van der Waals surface area (Å²) in [5.74, 6) is 1.01. The molecule has 3 atom stereocenters. The molecule has 0 radical (unpaired) electrons. The van der Waals surface area contributed by atoms with Crippen LogP contribution in [0.4, 0.5) is 5.13 Å². The largest absolute Gasteiger partial charge is 0.381 e. The van der Waals surface area contributed by atoms with E-state index in [-0.39, 0.29) is 5.91 Å². The summed E-state index contributed by atoms with van der Waals surface area (Å²) >= 11 is 1.61. The van der Waals surface area contributed by atoms with Gasteiger partial charge in [0, 0.05) is 30.7 Å². The number of thiazole rings is 1. The molecule has 1 N–H and O–H groups in total. The van der Waals surface area contributed by atoms with Crippen LogP contribution in [0.3, 0.4) is 0 Å². The Balaban J connectivity index is 1.31. The van der Waals surface area contributed by atoms with Gasteiger partial charge in [-0.25, -0.2) is 4.98 Å². The molecule has 3 aliphatic heterocycles. The Bertz CT molecular complexity index is 541. The minimum Gasteiger partial charge on any atom is -0.381 e. The van der Waals surface area contributed by atoms with Crippen molar-refractivity contribution in [2.75, 3.05) is 18.5 Å². The molecule has 3 saturated heterocycles. The van der Waals surface area contributed by atoms with Gasteiger partial charge in [-0.3, -0.25) is 4.79 Å². The maximum Gasteiger partial charge on any atom is 0.226 e. The number of carbonyl (C=O) groups is 1. The number of fused-ring (bicyclic) bond motifs is 2. The zero-order valence-electron chi connectivity index (χ0n) is 12.6. The van der Waals surface area contributed by atoms with Crippen molar-refractivity contribution < 1.29 is 14.3 Å². The lowest BCUT2D eigenvalue weighted by molar-refractivity contribution is -0.117. The van der Waals surface area contributed by atoms with E-state index in [1.807, 2.05) is 6.20 Å². The highest BCUT2D eigenvalue weighted by Crippen LogP contribution is 2.40. The minimum absolute atomic E-state index is 0.0778. The number of hydrogen-bond acceptors (Lipinski definition) is 5. The number of amides is 1. The van der Waals surface area contributed by atoms with E-state index in [4.69, 9.17) is 9.47 Å². The zero-order chi connectivity index (χ0) is 14.9. The number of nitrogens with zero attached hydrogens (tertiary/aromatic N) is 1. The van der Waals surface area contributed by atoms with Crippen LogP contribution in [-0.4, -0.2) is 36.3 Å². The molecule has 3 aliphatic rings. The molecule has 3 fully saturated rings. The zero-order valence-corrected chi connectivity index (χ0v) is 13.4. The number of carbonyl (C=O) groups excluding carboxylic acids is 1. The van der Waals surface area contributed by atoms with Crippen LogP contribution in [0.25, 0.3) is 0 Å². The highest BCUT2D eigenvalue weighted by Gasteiger charge is 2.41. The van der Waals surface area contributed by atoms with Crippen molar-refractivity contribution in [1.82, 2.24) is 4.98 Å². The van der Waals surface area contributed by atoms with E-state index in [9.17, 15) is 4.79 Å². The molecule has 6 heteroatoms. The van der Waals surface area contributed by atoms with Gasteiger partial charge in [0.15, 0.2) is 5.13 Å². The normalized spacial score (nSPS) is 31.5. The van der Waals surface area contributed by atoms with Gasteiger partial charge in [-0.2, -0.15) is 0 Å². The van der Waals surface area contributed by atoms with Crippen molar-refractivity contribution in [1.29, 1.82) is 0 Å². The molecule has 22 heavy (non-hydrogen) atoms. The summed E-state index contributed by atoms with van der Waals surface area (Å²) in [4.78, 5) is 17.8. The fourth-order valence-electron chi connectivity index (χ4n) is 3.88. The summed E-state index contributed by atoms with van der Waals surface area (Å²) in [6.45, 7) is 1.66. The first-order valence-electron chi connectivity index (χ1n) is 8.26. The second kappa shape index (κ2) is 6.26. The number of hydrogen-bond donors (Lipinski definition) is 1. The van der Waals surface area contributed by atoms with E-state index >= 15 is 0 Å². The molecule has 1 amide bonds. The summed E-state index contributed by atoms with van der Waals surface area (Å²) in [6.07, 6.45) is 8.63. The average Bonchev–Trinajstić information content (AvgIpc) is 3.24. The van der Waals surface area contributed by atoms with Gasteiger partial charge in [-0.1, -0.05) is 0 Å². The standard InChI is InChI=1S/C16H22N2O3S/c19-15(8-11-7-12-1-2-13(11)21-12)18-16-17-9-14(22-16)10-3-5-20-6-4-10/h9-13H,1-8H2,(H,17,18,19). The third kappa shape index (κ3) is 3.05. The Kier molecular flexibility index (Phi) is 4.15. The van der Waals surface area contributed by atoms with Gasteiger partial charge in [0.2, 0.25) is 5.91 Å². The van der Waals surface area contributed by atoms with Gasteiger partial charge in [0.05, 0.1) is 12.2 Å². The predicted octanol–water partition coefficient (Wildman–Crippen LogP) is 2.93. The lowest BCUT2D eigenvalue weighted by Gasteiger charge is -2.20. The third-order valence-electron chi connectivity index (χ3n) is 5.07. The van der Waals surface area contributed by atoms with Gasteiger partial charge in [-0.15, -0.1) is 11.3 Å². The quantitative estimate of drug-likeness (QED) is 0.926. The van der Waals surface area contributed by atoms with Gasteiger partial charge >= 0.3 is 0 Å². The number of ether oxygens (including phenoxy) is 2. The molecule has 3 unspecified atom stereocenters. The van der Waals surface area contributed by atoms with E-state index in [1.54, 1.807) is 11.3 Å². The van der Waals surface area contributed by atoms with Crippen LogP contribution in [0.5, 0.6) is 0 Å². The van der Waals surface area contributed by atoms with Crippen LogP contribution in [0, 0.1) is 5.92 Å². The van der Waals surface area contributed by atoms with E-state index in [0.29, 0.717) is 30.5 Å². The highest BCUT2D eigenvalue weighted by molar-refractivity contribution is 7.15. The van der Waals surface area contributed by atoms with Crippen molar-refractivity contribution in [3.63, 3.8) is 0 Å². The van der Waals surface area contributed by atoms with Crippen LogP contribution in [0.15, 0.2) is 6.20 Å². The Morgan fingerprint density at radius 3 is 2.91 bits per heavy atom. The maximum absolute atomic E-state index is 12.2. The summed E-state index contributed by atoms with van der Waals surface area (Å²) < 4.78 is 11.2. The number of nitrogens with one attached hydrogen (secondary N) is 1. The van der Waals surface area contributed by atoms with E-state index in [0.717, 1.165) is 44.0 Å². The van der Waals surface area contributed by atoms with Crippen molar-refractivity contribution in [2.24, 2.45) is 5.92 Å². The maximum atomic E-state index is 12.2. The topological polar surface area (TPSA) is 60.5 Å². The SMILES string of the molecule is O=C(CC1CC2CCC1O2)Nc1ncc(C2CCOCC2)s1. The molecule has 0 spiro atoms. The summed E-state index contributed by atoms with van der Waals surface area (Å²) in [7, 11) is 0. The van der Waals surface area contributed by atoms with Gasteiger partial charge in [-0.05, 0) is 43.9 Å². The molecule has 1 aromatic heterocycles. The lowest BCUT2D eigenvalue weighted by atomic mass is 9.87. The highest BCUT2D eigenvalue weighted by atomic mass is 32.1. The van der Waals surface area contributed by atoms with Crippen molar-refractivity contribution in [3.05, 3.63) is 11.1 Å². The second-order valence-electron chi connectivity index (χ2n) is 6.58. The Labute approximate surface area is 134 Å². The summed E-state index contributed by atoms with van der Waals surface area (Å²) in [5.41, 5.74) is 0. The second-order valence-corrected chi connectivity index (χ2v) is 7.64. The molecule has 0 aromatic carbocycles. The molecule has 4 rings (SSSR count). The molecule has 5 nitrogen and oxygen atoms in total. The fourth-order valence-corrected chi connectivity index (χ4v) is 4.88. The lowest BCUT2D eigenvalue weighted by Crippen LogP contribution is -2.23. The first kappa shape index (κ1) is 14.6. The number of aromatic nitrogens is 1. The smallest absolute Gasteiger partial charge is 0.226 e. The molecular weight excluding hydrogens is 300 g/mol.